The second-order valence-electron chi connectivity index (χ2n) is 6.58. The number of hydrogen-bond donors (Lipinski definition) is 2. The fourth-order valence-electron chi connectivity index (χ4n) is 2.58. The Morgan fingerprint density at radius 1 is 1.00 bits per heavy atom. The van der Waals surface area contributed by atoms with Crippen molar-refractivity contribution in [3.63, 3.8) is 0 Å². The molecule has 0 bridgehead atoms. The van der Waals surface area contributed by atoms with Crippen molar-refractivity contribution in [2.45, 2.75) is 26.7 Å². The van der Waals surface area contributed by atoms with Gasteiger partial charge in [-0.15, -0.1) is 0 Å². The van der Waals surface area contributed by atoms with Gasteiger partial charge in [0.15, 0.2) is 0 Å². The van der Waals surface area contributed by atoms with Crippen LogP contribution in [0.2, 0.25) is 0 Å². The van der Waals surface area contributed by atoms with Crippen molar-refractivity contribution < 1.29 is 9.18 Å². The van der Waals surface area contributed by atoms with Gasteiger partial charge < -0.3 is 10.6 Å². The first kappa shape index (κ1) is 18.5. The van der Waals surface area contributed by atoms with Gasteiger partial charge in [0.2, 0.25) is 5.95 Å². The highest BCUT2D eigenvalue weighted by atomic mass is 19.1. The van der Waals surface area contributed by atoms with Crippen LogP contribution in [0.5, 0.6) is 0 Å². The zero-order chi connectivity index (χ0) is 19.4. The quantitative estimate of drug-likeness (QED) is 0.665. The molecule has 3 aromatic rings. The van der Waals surface area contributed by atoms with Gasteiger partial charge >= 0.3 is 0 Å². The second kappa shape index (κ2) is 7.95. The number of nitrogens with one attached hydrogen (secondary N) is 2. The molecule has 0 radical (unpaired) electrons. The van der Waals surface area contributed by atoms with Crippen LogP contribution in [0.15, 0.2) is 54.6 Å². The Bertz CT molecular complexity index is 955. The molecule has 0 aliphatic rings. The van der Waals surface area contributed by atoms with E-state index in [0.717, 1.165) is 5.69 Å². The number of hydrogen-bond acceptors (Lipinski definition) is 4. The normalized spacial score (nSPS) is 10.7. The summed E-state index contributed by atoms with van der Waals surface area (Å²) in [6.07, 6.45) is 0. The van der Waals surface area contributed by atoms with Crippen LogP contribution in [-0.2, 0) is 0 Å². The van der Waals surface area contributed by atoms with Crippen LogP contribution in [0.4, 0.5) is 21.7 Å². The van der Waals surface area contributed by atoms with Crippen LogP contribution < -0.4 is 10.6 Å². The summed E-state index contributed by atoms with van der Waals surface area (Å²) in [5.74, 6) is -0.0627. The number of anilines is 3. The van der Waals surface area contributed by atoms with E-state index in [0.29, 0.717) is 23.2 Å². The first-order valence-electron chi connectivity index (χ1n) is 8.70. The minimum Gasteiger partial charge on any atom is -0.324 e. The number of carbonyl (C=O) groups excluding carboxylic acids is 1. The number of halogens is 1. The largest absolute Gasteiger partial charge is 0.324 e. The van der Waals surface area contributed by atoms with Crippen LogP contribution in [0.3, 0.4) is 0 Å². The van der Waals surface area contributed by atoms with Crippen LogP contribution in [0.25, 0.3) is 0 Å². The number of aryl methyl sites for hydroxylation is 1. The number of nitrogens with zero attached hydrogens (tertiary/aromatic N) is 2. The lowest BCUT2D eigenvalue weighted by molar-refractivity contribution is 0.102. The fourth-order valence-corrected chi connectivity index (χ4v) is 2.58. The molecule has 2 N–H and O–H groups in total. The van der Waals surface area contributed by atoms with Crippen molar-refractivity contribution in [1.82, 2.24) is 9.97 Å². The zero-order valence-corrected chi connectivity index (χ0v) is 15.5. The summed E-state index contributed by atoms with van der Waals surface area (Å²) in [7, 11) is 0. The first-order chi connectivity index (χ1) is 12.9. The van der Waals surface area contributed by atoms with Gasteiger partial charge in [-0.2, -0.15) is 0 Å². The summed E-state index contributed by atoms with van der Waals surface area (Å²) in [6.45, 7) is 6.05. The lowest BCUT2D eigenvalue weighted by Crippen LogP contribution is -2.15. The van der Waals surface area contributed by atoms with E-state index >= 15 is 0 Å². The summed E-state index contributed by atoms with van der Waals surface area (Å²) in [4.78, 5) is 21.1. The molecule has 0 saturated heterocycles. The van der Waals surface area contributed by atoms with Crippen molar-refractivity contribution in [3.05, 3.63) is 77.4 Å². The molecule has 138 valence electrons. The molecule has 27 heavy (non-hydrogen) atoms. The molecule has 3 rings (SSSR count). The maximum Gasteiger partial charge on any atom is 0.274 e. The van der Waals surface area contributed by atoms with Gasteiger partial charge in [-0.3, -0.25) is 4.79 Å². The summed E-state index contributed by atoms with van der Waals surface area (Å²) < 4.78 is 13.3. The van der Waals surface area contributed by atoms with Gasteiger partial charge in [-0.1, -0.05) is 32.0 Å². The molecule has 0 unspecified atom stereocenters. The monoisotopic (exact) mass is 364 g/mol. The molecule has 6 heteroatoms. The first-order valence-corrected chi connectivity index (χ1v) is 8.70. The van der Waals surface area contributed by atoms with Crippen molar-refractivity contribution in [1.29, 1.82) is 0 Å². The molecular formula is C21H21FN4O. The van der Waals surface area contributed by atoms with Crippen molar-refractivity contribution in [2.24, 2.45) is 0 Å². The third-order valence-corrected chi connectivity index (χ3v) is 4.00. The van der Waals surface area contributed by atoms with Crippen LogP contribution in [0.1, 0.15) is 41.5 Å². The molecule has 0 spiro atoms. The molecule has 1 aromatic heterocycles. The standard InChI is InChI=1S/C21H21FN4O/c1-13(2)15-7-9-17(10-8-15)25-21-23-14(3)11-19(26-21)20(27)24-18-6-4-5-16(22)12-18/h4-13H,1-3H3,(H,24,27)(H,23,25,26). The molecular weight excluding hydrogens is 343 g/mol. The lowest BCUT2D eigenvalue weighted by atomic mass is 10.0. The maximum atomic E-state index is 13.3. The van der Waals surface area contributed by atoms with E-state index in [-0.39, 0.29) is 5.69 Å². The average Bonchev–Trinajstić information content (AvgIpc) is 2.61. The van der Waals surface area contributed by atoms with Crippen molar-refractivity contribution >= 4 is 23.2 Å². The Morgan fingerprint density at radius 2 is 1.74 bits per heavy atom. The third kappa shape index (κ3) is 4.88. The average molecular weight is 364 g/mol. The number of rotatable bonds is 5. The third-order valence-electron chi connectivity index (χ3n) is 4.00. The lowest BCUT2D eigenvalue weighted by Gasteiger charge is -2.10. The van der Waals surface area contributed by atoms with E-state index in [2.05, 4.69) is 34.4 Å². The van der Waals surface area contributed by atoms with E-state index in [1.807, 2.05) is 24.3 Å². The highest BCUT2D eigenvalue weighted by molar-refractivity contribution is 6.03. The Hall–Kier alpha value is -3.28. The molecule has 0 atom stereocenters. The Morgan fingerprint density at radius 3 is 2.41 bits per heavy atom. The fraction of sp³-hybridized carbons (Fsp3) is 0.190. The van der Waals surface area contributed by atoms with E-state index in [1.165, 1.54) is 23.8 Å². The summed E-state index contributed by atoms with van der Waals surface area (Å²) in [6, 6.07) is 15.3. The van der Waals surface area contributed by atoms with Gasteiger partial charge in [0.1, 0.15) is 11.5 Å². The molecule has 0 aliphatic heterocycles. The van der Waals surface area contributed by atoms with Crippen LogP contribution in [-0.4, -0.2) is 15.9 Å². The van der Waals surface area contributed by atoms with Crippen molar-refractivity contribution in [2.75, 3.05) is 10.6 Å². The number of amides is 1. The smallest absolute Gasteiger partial charge is 0.274 e. The van der Waals surface area contributed by atoms with Gasteiger partial charge in [0, 0.05) is 17.1 Å². The Balaban J connectivity index is 1.78. The van der Waals surface area contributed by atoms with Gasteiger partial charge in [-0.05, 0) is 54.8 Å². The van der Waals surface area contributed by atoms with Gasteiger partial charge in [-0.25, -0.2) is 14.4 Å². The molecule has 1 amide bonds. The van der Waals surface area contributed by atoms with E-state index in [1.54, 1.807) is 19.1 Å². The second-order valence-corrected chi connectivity index (χ2v) is 6.58. The Labute approximate surface area is 157 Å². The molecule has 2 aromatic carbocycles. The molecule has 0 aliphatic carbocycles. The predicted molar refractivity (Wildman–Crippen MR) is 105 cm³/mol. The minimum atomic E-state index is -0.427. The summed E-state index contributed by atoms with van der Waals surface area (Å²) >= 11 is 0. The molecule has 1 heterocycles. The number of benzene rings is 2. The highest BCUT2D eigenvalue weighted by Gasteiger charge is 2.12. The van der Waals surface area contributed by atoms with E-state index < -0.39 is 11.7 Å². The summed E-state index contributed by atoms with van der Waals surface area (Å²) in [5.41, 5.74) is 3.29. The molecule has 0 fully saturated rings. The minimum absolute atomic E-state index is 0.202. The van der Waals surface area contributed by atoms with Crippen LogP contribution >= 0.6 is 0 Å². The topological polar surface area (TPSA) is 66.9 Å². The van der Waals surface area contributed by atoms with Gasteiger partial charge in [0.05, 0.1) is 0 Å². The van der Waals surface area contributed by atoms with Gasteiger partial charge in [0.25, 0.3) is 5.91 Å². The van der Waals surface area contributed by atoms with Crippen LogP contribution in [0, 0.1) is 12.7 Å². The number of carbonyl (C=O) groups is 1. The molecule has 0 saturated carbocycles. The number of aromatic nitrogens is 2. The highest BCUT2D eigenvalue weighted by Crippen LogP contribution is 2.19. The summed E-state index contributed by atoms with van der Waals surface area (Å²) in [5, 5.41) is 5.76. The maximum absolute atomic E-state index is 13.3. The molecule has 5 nitrogen and oxygen atoms in total. The van der Waals surface area contributed by atoms with E-state index in [4.69, 9.17) is 0 Å². The zero-order valence-electron chi connectivity index (χ0n) is 15.5. The Kier molecular flexibility index (Phi) is 5.45. The SMILES string of the molecule is Cc1cc(C(=O)Nc2cccc(F)c2)nc(Nc2ccc(C(C)C)cc2)n1. The van der Waals surface area contributed by atoms with Crippen molar-refractivity contribution in [3.8, 4) is 0 Å². The van der Waals surface area contributed by atoms with E-state index in [9.17, 15) is 9.18 Å². The predicted octanol–water partition coefficient (Wildman–Crippen LogP) is 5.04.